The van der Waals surface area contributed by atoms with Crippen LogP contribution in [0.4, 0.5) is 11.4 Å². The molecule has 7 heteroatoms. The van der Waals surface area contributed by atoms with Crippen LogP contribution in [-0.4, -0.2) is 21.8 Å². The Morgan fingerprint density at radius 2 is 2.25 bits per heavy atom. The zero-order valence-electron chi connectivity index (χ0n) is 11.3. The van der Waals surface area contributed by atoms with Crippen LogP contribution >= 0.6 is 11.6 Å². The molecule has 0 aliphatic rings. The summed E-state index contributed by atoms with van der Waals surface area (Å²) in [4.78, 5) is 12.5. The number of benzene rings is 1. The van der Waals surface area contributed by atoms with Gasteiger partial charge in [-0.05, 0) is 12.1 Å². The zero-order chi connectivity index (χ0) is 14.7. The zero-order valence-corrected chi connectivity index (χ0v) is 12.0. The van der Waals surface area contributed by atoms with Crippen molar-refractivity contribution in [3.63, 3.8) is 0 Å². The van der Waals surface area contributed by atoms with Crippen molar-refractivity contribution in [2.45, 2.75) is 12.4 Å². The van der Waals surface area contributed by atoms with Crippen molar-refractivity contribution in [2.24, 2.45) is 7.05 Å². The Morgan fingerprint density at radius 1 is 1.50 bits per heavy atom. The summed E-state index contributed by atoms with van der Waals surface area (Å²) in [6.45, 7) is 0.674. The highest BCUT2D eigenvalue weighted by molar-refractivity contribution is 6.17. The Labute approximate surface area is 121 Å². The van der Waals surface area contributed by atoms with E-state index in [9.17, 15) is 10.1 Å². The van der Waals surface area contributed by atoms with Gasteiger partial charge in [-0.3, -0.25) is 14.8 Å². The van der Waals surface area contributed by atoms with Crippen LogP contribution in [0, 0.1) is 10.1 Å². The van der Waals surface area contributed by atoms with Gasteiger partial charge in [0.25, 0.3) is 5.69 Å². The van der Waals surface area contributed by atoms with Gasteiger partial charge in [-0.25, -0.2) is 0 Å². The van der Waals surface area contributed by atoms with E-state index in [0.717, 1.165) is 11.3 Å². The van der Waals surface area contributed by atoms with Crippen LogP contribution in [0.3, 0.4) is 0 Å². The smallest absolute Gasteiger partial charge is 0.273 e. The maximum atomic E-state index is 10.9. The van der Waals surface area contributed by atoms with Crippen LogP contribution in [0.25, 0.3) is 0 Å². The molecule has 6 nitrogen and oxygen atoms in total. The summed E-state index contributed by atoms with van der Waals surface area (Å²) in [7, 11) is 3.78. The highest BCUT2D eigenvalue weighted by Crippen LogP contribution is 2.26. The highest BCUT2D eigenvalue weighted by atomic mass is 35.5. The molecule has 0 fully saturated rings. The predicted molar refractivity (Wildman–Crippen MR) is 78.0 cm³/mol. The molecule has 0 spiro atoms. The summed E-state index contributed by atoms with van der Waals surface area (Å²) in [6, 6.07) is 4.97. The number of halogens is 1. The van der Waals surface area contributed by atoms with Crippen molar-refractivity contribution in [3.8, 4) is 0 Å². The van der Waals surface area contributed by atoms with E-state index in [1.807, 2.05) is 25.2 Å². The number of anilines is 1. The Balaban J connectivity index is 2.21. The first-order chi connectivity index (χ1) is 9.51. The quantitative estimate of drug-likeness (QED) is 0.483. The summed E-state index contributed by atoms with van der Waals surface area (Å²) in [5, 5.41) is 15.0. The van der Waals surface area contributed by atoms with E-state index in [4.69, 9.17) is 11.6 Å². The van der Waals surface area contributed by atoms with Gasteiger partial charge >= 0.3 is 0 Å². The molecule has 106 valence electrons. The van der Waals surface area contributed by atoms with Gasteiger partial charge in [0.2, 0.25) is 0 Å². The summed E-state index contributed by atoms with van der Waals surface area (Å²) in [5.41, 5.74) is 2.53. The normalized spacial score (nSPS) is 10.6. The van der Waals surface area contributed by atoms with E-state index < -0.39 is 4.92 Å². The van der Waals surface area contributed by atoms with Gasteiger partial charge in [0.1, 0.15) is 0 Å². The SMILES string of the molecule is CN(Cc1cnn(C)c1)c1ccc([N+](=O)[O-])c(CCl)c1. The van der Waals surface area contributed by atoms with Gasteiger partial charge in [0.05, 0.1) is 17.0 Å². The molecule has 0 radical (unpaired) electrons. The standard InChI is InChI=1S/C13H15ClN4O2/c1-16(8-10-7-15-17(2)9-10)12-3-4-13(18(19)20)11(5-12)6-14/h3-5,7,9H,6,8H2,1-2H3. The Morgan fingerprint density at radius 3 is 2.80 bits per heavy atom. The molecular formula is C13H15ClN4O2. The monoisotopic (exact) mass is 294 g/mol. The second-order valence-electron chi connectivity index (χ2n) is 4.58. The lowest BCUT2D eigenvalue weighted by Gasteiger charge is -2.19. The summed E-state index contributed by atoms with van der Waals surface area (Å²) in [6.07, 6.45) is 3.73. The molecule has 0 N–H and O–H groups in total. The minimum Gasteiger partial charge on any atom is -0.370 e. The van der Waals surface area contributed by atoms with Crippen molar-refractivity contribution in [3.05, 3.63) is 51.8 Å². The van der Waals surface area contributed by atoms with Crippen molar-refractivity contribution in [1.29, 1.82) is 0 Å². The molecule has 20 heavy (non-hydrogen) atoms. The van der Waals surface area contributed by atoms with Crippen LogP contribution in [-0.2, 0) is 19.5 Å². The molecule has 0 unspecified atom stereocenters. The molecular weight excluding hydrogens is 280 g/mol. The van der Waals surface area contributed by atoms with E-state index in [1.165, 1.54) is 6.07 Å². The molecule has 1 aromatic heterocycles. The lowest BCUT2D eigenvalue weighted by atomic mass is 10.1. The number of hydrogen-bond donors (Lipinski definition) is 0. The minimum atomic E-state index is -0.414. The van der Waals surface area contributed by atoms with Gasteiger partial charge in [-0.1, -0.05) is 0 Å². The average Bonchev–Trinajstić information content (AvgIpc) is 2.83. The van der Waals surface area contributed by atoms with Crippen LogP contribution in [0.1, 0.15) is 11.1 Å². The van der Waals surface area contributed by atoms with E-state index in [1.54, 1.807) is 23.0 Å². The predicted octanol–water partition coefficient (Wildman–Crippen LogP) is 2.70. The van der Waals surface area contributed by atoms with Crippen LogP contribution in [0.5, 0.6) is 0 Å². The second-order valence-corrected chi connectivity index (χ2v) is 4.85. The Bertz CT molecular complexity index is 627. The number of nitro groups is 1. The topological polar surface area (TPSA) is 64.2 Å². The van der Waals surface area contributed by atoms with Gasteiger partial charge in [0.15, 0.2) is 0 Å². The molecule has 2 aromatic rings. The van der Waals surface area contributed by atoms with E-state index >= 15 is 0 Å². The lowest BCUT2D eigenvalue weighted by molar-refractivity contribution is -0.385. The fraction of sp³-hybridized carbons (Fsp3) is 0.308. The van der Waals surface area contributed by atoms with Gasteiger partial charge in [0, 0.05) is 49.7 Å². The van der Waals surface area contributed by atoms with Crippen molar-refractivity contribution in [2.75, 3.05) is 11.9 Å². The first-order valence-electron chi connectivity index (χ1n) is 6.03. The molecule has 0 amide bonds. The molecule has 2 rings (SSSR count). The summed E-state index contributed by atoms with van der Waals surface area (Å²) >= 11 is 5.78. The average molecular weight is 295 g/mol. The molecule has 0 atom stereocenters. The first kappa shape index (κ1) is 14.3. The third-order valence-corrected chi connectivity index (χ3v) is 3.31. The molecule has 0 saturated carbocycles. The molecule has 0 aliphatic carbocycles. The molecule has 0 aliphatic heterocycles. The number of hydrogen-bond acceptors (Lipinski definition) is 4. The fourth-order valence-electron chi connectivity index (χ4n) is 2.01. The molecule has 1 heterocycles. The van der Waals surface area contributed by atoms with Gasteiger partial charge < -0.3 is 4.90 Å². The lowest BCUT2D eigenvalue weighted by Crippen LogP contribution is -2.16. The number of nitro benzene ring substituents is 1. The van der Waals surface area contributed by atoms with E-state index in [2.05, 4.69) is 5.10 Å². The third-order valence-electron chi connectivity index (χ3n) is 3.02. The number of nitrogens with zero attached hydrogens (tertiary/aromatic N) is 4. The maximum absolute atomic E-state index is 10.9. The number of aromatic nitrogens is 2. The maximum Gasteiger partial charge on any atom is 0.273 e. The van der Waals surface area contributed by atoms with Gasteiger partial charge in [-0.2, -0.15) is 5.10 Å². The van der Waals surface area contributed by atoms with Crippen LogP contribution < -0.4 is 4.90 Å². The molecule has 1 aromatic carbocycles. The number of aryl methyl sites for hydroxylation is 1. The number of alkyl halides is 1. The third kappa shape index (κ3) is 3.08. The summed E-state index contributed by atoms with van der Waals surface area (Å²) in [5.74, 6) is 0.116. The first-order valence-corrected chi connectivity index (χ1v) is 6.56. The van der Waals surface area contributed by atoms with Crippen molar-refractivity contribution < 1.29 is 4.92 Å². The van der Waals surface area contributed by atoms with Crippen LogP contribution in [0.2, 0.25) is 0 Å². The minimum absolute atomic E-state index is 0.0542. The van der Waals surface area contributed by atoms with Crippen molar-refractivity contribution in [1.82, 2.24) is 9.78 Å². The van der Waals surface area contributed by atoms with Crippen LogP contribution in [0.15, 0.2) is 30.6 Å². The Kier molecular flexibility index (Phi) is 4.24. The van der Waals surface area contributed by atoms with Crippen molar-refractivity contribution >= 4 is 23.0 Å². The number of rotatable bonds is 5. The van der Waals surface area contributed by atoms with E-state index in [0.29, 0.717) is 12.1 Å². The Hall–Kier alpha value is -2.08. The summed E-state index contributed by atoms with van der Waals surface area (Å²) < 4.78 is 1.74. The second kappa shape index (κ2) is 5.92. The van der Waals surface area contributed by atoms with Gasteiger partial charge in [-0.15, -0.1) is 11.6 Å². The fourth-order valence-corrected chi connectivity index (χ4v) is 2.23. The highest BCUT2D eigenvalue weighted by Gasteiger charge is 2.14. The molecule has 0 bridgehead atoms. The molecule has 0 saturated heterocycles. The largest absolute Gasteiger partial charge is 0.370 e. The van der Waals surface area contributed by atoms with E-state index in [-0.39, 0.29) is 11.6 Å².